The minimum atomic E-state index is -0.949. The van der Waals surface area contributed by atoms with Gasteiger partial charge >= 0.3 is 0 Å². The number of rotatable bonds is 2. The van der Waals surface area contributed by atoms with Crippen LogP contribution in [0.25, 0.3) is 0 Å². The molecular formula is C13H10BrClO4. The first-order chi connectivity index (χ1) is 9.15. The van der Waals surface area contributed by atoms with Crippen molar-refractivity contribution in [2.45, 2.75) is 6.10 Å². The van der Waals surface area contributed by atoms with Crippen molar-refractivity contribution in [3.05, 3.63) is 45.3 Å². The summed E-state index contributed by atoms with van der Waals surface area (Å²) >= 11 is 9.36. The number of furan rings is 1. The third-order valence-corrected chi connectivity index (χ3v) is 3.57. The van der Waals surface area contributed by atoms with E-state index in [1.165, 1.54) is 0 Å². The van der Waals surface area contributed by atoms with Gasteiger partial charge in [0.15, 0.2) is 16.2 Å². The van der Waals surface area contributed by atoms with E-state index in [1.54, 1.807) is 24.3 Å². The van der Waals surface area contributed by atoms with Crippen molar-refractivity contribution in [1.82, 2.24) is 0 Å². The van der Waals surface area contributed by atoms with Crippen molar-refractivity contribution < 1.29 is 19.0 Å². The lowest BCUT2D eigenvalue weighted by atomic mass is 10.1. The van der Waals surface area contributed by atoms with E-state index in [4.69, 9.17) is 25.5 Å². The molecule has 0 bridgehead atoms. The lowest BCUT2D eigenvalue weighted by Gasteiger charge is -2.20. The summed E-state index contributed by atoms with van der Waals surface area (Å²) < 4.78 is 16.8. The normalized spacial score (nSPS) is 15.3. The molecule has 0 saturated carbocycles. The lowest BCUT2D eigenvalue weighted by Crippen LogP contribution is -2.16. The van der Waals surface area contributed by atoms with Gasteiger partial charge in [-0.2, -0.15) is 0 Å². The molecule has 0 saturated heterocycles. The molecule has 0 spiro atoms. The van der Waals surface area contributed by atoms with Crippen LogP contribution in [0.1, 0.15) is 17.4 Å². The zero-order chi connectivity index (χ0) is 13.4. The number of fused-ring (bicyclic) bond motifs is 1. The van der Waals surface area contributed by atoms with Crippen molar-refractivity contribution >= 4 is 27.5 Å². The number of ether oxygens (including phenoxy) is 2. The molecule has 19 heavy (non-hydrogen) atoms. The van der Waals surface area contributed by atoms with Crippen LogP contribution in [0, 0.1) is 0 Å². The van der Waals surface area contributed by atoms with E-state index in [0.29, 0.717) is 45.7 Å². The highest BCUT2D eigenvalue weighted by Crippen LogP contribution is 2.39. The maximum Gasteiger partial charge on any atom is 0.169 e. The maximum atomic E-state index is 10.3. The van der Waals surface area contributed by atoms with Gasteiger partial charge in [-0.05, 0) is 34.1 Å². The van der Waals surface area contributed by atoms with Crippen molar-refractivity contribution in [3.63, 3.8) is 0 Å². The van der Waals surface area contributed by atoms with E-state index in [2.05, 4.69) is 15.9 Å². The largest absolute Gasteiger partial charge is 0.486 e. The van der Waals surface area contributed by atoms with Crippen LogP contribution in [-0.2, 0) is 0 Å². The summed E-state index contributed by atoms with van der Waals surface area (Å²) in [5, 5.41) is 10.7. The minimum Gasteiger partial charge on any atom is -0.486 e. The first-order valence-corrected chi connectivity index (χ1v) is 6.84. The Kier molecular flexibility index (Phi) is 3.43. The molecule has 1 aromatic heterocycles. The average molecular weight is 346 g/mol. The summed E-state index contributed by atoms with van der Waals surface area (Å²) in [6.45, 7) is 0.979. The molecule has 4 nitrogen and oxygen atoms in total. The summed E-state index contributed by atoms with van der Waals surface area (Å²) in [4.78, 5) is 0. The average Bonchev–Trinajstić information content (AvgIpc) is 2.84. The Morgan fingerprint density at radius 2 is 1.84 bits per heavy atom. The first kappa shape index (κ1) is 12.8. The topological polar surface area (TPSA) is 51.8 Å². The highest BCUT2D eigenvalue weighted by Gasteiger charge is 2.22. The number of aliphatic hydroxyl groups excluding tert-OH is 1. The second kappa shape index (κ2) is 5.07. The SMILES string of the molecule is OC(c1ccc(Br)o1)c1cc2c(cc1Cl)OCCO2. The lowest BCUT2D eigenvalue weighted by molar-refractivity contribution is 0.167. The third-order valence-electron chi connectivity index (χ3n) is 2.82. The second-order valence-corrected chi connectivity index (χ2v) is 5.25. The van der Waals surface area contributed by atoms with Gasteiger partial charge in [0.05, 0.1) is 5.02 Å². The van der Waals surface area contributed by atoms with Crippen molar-refractivity contribution in [2.75, 3.05) is 13.2 Å². The van der Waals surface area contributed by atoms with Gasteiger partial charge in [-0.1, -0.05) is 11.6 Å². The zero-order valence-electron chi connectivity index (χ0n) is 9.73. The van der Waals surface area contributed by atoms with E-state index in [0.717, 1.165) is 0 Å². The molecule has 0 amide bonds. The highest BCUT2D eigenvalue weighted by molar-refractivity contribution is 9.10. The van der Waals surface area contributed by atoms with Crippen LogP contribution >= 0.6 is 27.5 Å². The van der Waals surface area contributed by atoms with E-state index >= 15 is 0 Å². The molecule has 1 aromatic carbocycles. The van der Waals surface area contributed by atoms with Gasteiger partial charge in [-0.25, -0.2) is 0 Å². The molecule has 1 aliphatic heterocycles. The van der Waals surface area contributed by atoms with Crippen LogP contribution in [0.15, 0.2) is 33.4 Å². The number of hydrogen-bond donors (Lipinski definition) is 1. The molecule has 0 radical (unpaired) electrons. The summed E-state index contributed by atoms with van der Waals surface area (Å²) in [7, 11) is 0. The summed E-state index contributed by atoms with van der Waals surface area (Å²) in [5.41, 5.74) is 0.521. The van der Waals surface area contributed by atoms with Gasteiger partial charge in [0.25, 0.3) is 0 Å². The number of hydrogen-bond acceptors (Lipinski definition) is 4. The van der Waals surface area contributed by atoms with Gasteiger partial charge in [0.2, 0.25) is 0 Å². The van der Waals surface area contributed by atoms with Crippen LogP contribution in [0.4, 0.5) is 0 Å². The smallest absolute Gasteiger partial charge is 0.169 e. The van der Waals surface area contributed by atoms with Gasteiger partial charge < -0.3 is 19.0 Å². The molecule has 2 heterocycles. The highest BCUT2D eigenvalue weighted by atomic mass is 79.9. The summed E-state index contributed by atoms with van der Waals surface area (Å²) in [6, 6.07) is 6.72. The summed E-state index contributed by atoms with van der Waals surface area (Å²) in [6.07, 6.45) is -0.949. The van der Waals surface area contributed by atoms with Crippen molar-refractivity contribution in [1.29, 1.82) is 0 Å². The Morgan fingerprint density at radius 1 is 1.16 bits per heavy atom. The second-order valence-electron chi connectivity index (χ2n) is 4.06. The molecule has 0 aliphatic carbocycles. The standard InChI is InChI=1S/C13H10BrClO4/c14-12-2-1-9(19-12)13(16)7-5-10-11(6-8(7)15)18-4-3-17-10/h1-2,5-6,13,16H,3-4H2. The van der Waals surface area contributed by atoms with Gasteiger partial charge in [0.1, 0.15) is 25.1 Å². The third kappa shape index (κ3) is 2.45. The molecule has 2 aromatic rings. The molecular weight excluding hydrogens is 335 g/mol. The van der Waals surface area contributed by atoms with Crippen LogP contribution in [-0.4, -0.2) is 18.3 Å². The first-order valence-electron chi connectivity index (χ1n) is 5.67. The Bertz CT molecular complexity index is 611. The molecule has 100 valence electrons. The predicted molar refractivity (Wildman–Crippen MR) is 72.9 cm³/mol. The predicted octanol–water partition coefficient (Wildman–Crippen LogP) is 3.55. The molecule has 1 unspecified atom stereocenters. The minimum absolute atomic E-state index is 0.407. The number of aliphatic hydroxyl groups is 1. The van der Waals surface area contributed by atoms with E-state index in [1.807, 2.05) is 0 Å². The van der Waals surface area contributed by atoms with E-state index in [-0.39, 0.29) is 0 Å². The van der Waals surface area contributed by atoms with Crippen LogP contribution in [0.3, 0.4) is 0 Å². The Hall–Kier alpha value is -1.17. The maximum absolute atomic E-state index is 10.3. The van der Waals surface area contributed by atoms with Crippen LogP contribution < -0.4 is 9.47 Å². The van der Waals surface area contributed by atoms with Gasteiger partial charge in [-0.15, -0.1) is 0 Å². The van der Waals surface area contributed by atoms with Gasteiger partial charge in [-0.3, -0.25) is 0 Å². The number of benzene rings is 1. The molecule has 3 rings (SSSR count). The van der Waals surface area contributed by atoms with Gasteiger partial charge in [0, 0.05) is 11.6 Å². The van der Waals surface area contributed by atoms with E-state index < -0.39 is 6.10 Å². The Balaban J connectivity index is 2.00. The van der Waals surface area contributed by atoms with Crippen LogP contribution in [0.5, 0.6) is 11.5 Å². The van der Waals surface area contributed by atoms with Crippen molar-refractivity contribution in [2.24, 2.45) is 0 Å². The van der Waals surface area contributed by atoms with E-state index in [9.17, 15) is 5.11 Å². The monoisotopic (exact) mass is 344 g/mol. The fourth-order valence-corrected chi connectivity index (χ4v) is 2.49. The zero-order valence-corrected chi connectivity index (χ0v) is 12.1. The molecule has 0 fully saturated rings. The fourth-order valence-electron chi connectivity index (χ4n) is 1.92. The fraction of sp³-hybridized carbons (Fsp3) is 0.231. The van der Waals surface area contributed by atoms with Crippen molar-refractivity contribution in [3.8, 4) is 11.5 Å². The Labute approximate surface area is 123 Å². The molecule has 6 heteroatoms. The Morgan fingerprint density at radius 3 is 2.47 bits per heavy atom. The quantitative estimate of drug-likeness (QED) is 0.904. The number of halogens is 2. The van der Waals surface area contributed by atoms with Crippen LogP contribution in [0.2, 0.25) is 5.02 Å². The molecule has 1 atom stereocenters. The molecule has 1 N–H and O–H groups in total. The molecule has 1 aliphatic rings. The summed E-state index contributed by atoms with van der Waals surface area (Å²) in [5.74, 6) is 1.58.